The second kappa shape index (κ2) is 10.5. The molecule has 2 aromatic carbocycles. The SMILES string of the molecule is CCCCC1CCC(C(=O)N2CCN(c3ccc(-c4ccc5ccccc5c4)nn3)CC2)CC1. The van der Waals surface area contributed by atoms with Crippen LogP contribution in [0.2, 0.25) is 0 Å². The smallest absolute Gasteiger partial charge is 0.225 e. The van der Waals surface area contributed by atoms with Crippen molar-refractivity contribution in [1.82, 2.24) is 15.1 Å². The van der Waals surface area contributed by atoms with E-state index in [1.54, 1.807) is 0 Å². The van der Waals surface area contributed by atoms with Gasteiger partial charge in [-0.15, -0.1) is 10.2 Å². The van der Waals surface area contributed by atoms with Crippen molar-refractivity contribution < 1.29 is 4.79 Å². The van der Waals surface area contributed by atoms with Gasteiger partial charge in [-0.2, -0.15) is 0 Å². The minimum absolute atomic E-state index is 0.241. The van der Waals surface area contributed by atoms with Crippen molar-refractivity contribution in [1.29, 1.82) is 0 Å². The van der Waals surface area contributed by atoms with Crippen LogP contribution in [0.15, 0.2) is 54.6 Å². The highest BCUT2D eigenvalue weighted by molar-refractivity contribution is 5.86. The van der Waals surface area contributed by atoms with E-state index in [-0.39, 0.29) is 5.92 Å². The Morgan fingerprint density at radius 3 is 2.35 bits per heavy atom. The third-order valence-corrected chi connectivity index (χ3v) is 7.77. The number of amides is 1. The summed E-state index contributed by atoms with van der Waals surface area (Å²) in [5, 5.41) is 11.5. The molecule has 1 aliphatic carbocycles. The molecule has 5 nitrogen and oxygen atoms in total. The summed E-state index contributed by atoms with van der Waals surface area (Å²) in [5.41, 5.74) is 1.97. The number of hydrogen-bond donors (Lipinski definition) is 0. The Bertz CT molecular complexity index is 1100. The molecule has 0 atom stereocenters. The second-order valence-electron chi connectivity index (χ2n) is 10.0. The summed E-state index contributed by atoms with van der Waals surface area (Å²) < 4.78 is 0. The maximum absolute atomic E-state index is 13.1. The molecule has 1 aromatic heterocycles. The standard InChI is InChI=1S/C29H36N4O/c1-2-3-6-22-9-11-24(12-10-22)29(34)33-19-17-32(18-20-33)28-16-15-27(30-31-28)26-14-13-23-7-4-5-8-25(23)21-26/h4-5,7-8,13-16,21-22,24H,2-3,6,9-12,17-20H2,1H3. The molecule has 0 N–H and O–H groups in total. The zero-order chi connectivity index (χ0) is 23.3. The topological polar surface area (TPSA) is 49.3 Å². The van der Waals surface area contributed by atoms with Gasteiger partial charge < -0.3 is 9.80 Å². The van der Waals surface area contributed by atoms with Gasteiger partial charge in [0.1, 0.15) is 0 Å². The number of aromatic nitrogens is 2. The van der Waals surface area contributed by atoms with E-state index in [4.69, 9.17) is 0 Å². The van der Waals surface area contributed by atoms with Crippen LogP contribution in [-0.2, 0) is 4.79 Å². The number of anilines is 1. The van der Waals surface area contributed by atoms with E-state index in [2.05, 4.69) is 81.5 Å². The first kappa shape index (κ1) is 22.8. The number of benzene rings is 2. The molecule has 1 aliphatic heterocycles. The second-order valence-corrected chi connectivity index (χ2v) is 10.0. The van der Waals surface area contributed by atoms with Crippen LogP contribution in [0.25, 0.3) is 22.0 Å². The zero-order valence-electron chi connectivity index (χ0n) is 20.3. The lowest BCUT2D eigenvalue weighted by Crippen LogP contribution is -2.51. The molecule has 2 fully saturated rings. The Hall–Kier alpha value is -2.95. The van der Waals surface area contributed by atoms with Gasteiger partial charge in [0.25, 0.3) is 0 Å². The van der Waals surface area contributed by atoms with Gasteiger partial charge in [0.2, 0.25) is 5.91 Å². The lowest BCUT2D eigenvalue weighted by Gasteiger charge is -2.38. The third-order valence-electron chi connectivity index (χ3n) is 7.77. The average molecular weight is 457 g/mol. The Balaban J connectivity index is 1.14. The molecule has 178 valence electrons. The van der Waals surface area contributed by atoms with Gasteiger partial charge in [-0.25, -0.2) is 0 Å². The zero-order valence-corrected chi connectivity index (χ0v) is 20.3. The quantitative estimate of drug-likeness (QED) is 0.460. The predicted octanol–water partition coefficient (Wildman–Crippen LogP) is 5.94. The van der Waals surface area contributed by atoms with Crippen molar-refractivity contribution in [2.75, 3.05) is 31.1 Å². The maximum Gasteiger partial charge on any atom is 0.225 e. The number of carbonyl (C=O) groups excluding carboxylic acids is 1. The van der Waals surface area contributed by atoms with Crippen LogP contribution in [-0.4, -0.2) is 47.2 Å². The number of nitrogens with zero attached hydrogens (tertiary/aromatic N) is 4. The highest BCUT2D eigenvalue weighted by atomic mass is 16.2. The fourth-order valence-electron chi connectivity index (χ4n) is 5.60. The van der Waals surface area contributed by atoms with Crippen molar-refractivity contribution in [3.05, 3.63) is 54.6 Å². The molecule has 2 heterocycles. The van der Waals surface area contributed by atoms with Crippen LogP contribution in [0.1, 0.15) is 51.9 Å². The molecule has 34 heavy (non-hydrogen) atoms. The summed E-state index contributed by atoms with van der Waals surface area (Å²) in [7, 11) is 0. The summed E-state index contributed by atoms with van der Waals surface area (Å²) in [6.07, 6.45) is 8.57. The van der Waals surface area contributed by atoms with E-state index in [1.165, 1.54) is 42.9 Å². The van der Waals surface area contributed by atoms with Gasteiger partial charge in [0, 0.05) is 37.7 Å². The van der Waals surface area contributed by atoms with Gasteiger partial charge >= 0.3 is 0 Å². The average Bonchev–Trinajstić information content (AvgIpc) is 2.92. The number of hydrogen-bond acceptors (Lipinski definition) is 4. The first-order valence-corrected chi connectivity index (χ1v) is 13.1. The number of carbonyl (C=O) groups is 1. The molecule has 5 heteroatoms. The Labute approximate surface area is 203 Å². The molecular weight excluding hydrogens is 420 g/mol. The van der Waals surface area contributed by atoms with Gasteiger partial charge in [-0.3, -0.25) is 4.79 Å². The number of rotatable bonds is 6. The van der Waals surface area contributed by atoms with E-state index in [1.807, 2.05) is 0 Å². The molecule has 1 saturated heterocycles. The van der Waals surface area contributed by atoms with E-state index < -0.39 is 0 Å². The summed E-state index contributed by atoms with van der Waals surface area (Å²) >= 11 is 0. The van der Waals surface area contributed by atoms with E-state index in [0.717, 1.165) is 62.0 Å². The molecule has 1 amide bonds. The molecule has 0 bridgehead atoms. The number of unbranched alkanes of at least 4 members (excludes halogenated alkanes) is 1. The third kappa shape index (κ3) is 5.08. The molecular formula is C29H36N4O. The molecule has 5 rings (SSSR count). The lowest BCUT2D eigenvalue weighted by molar-refractivity contribution is -0.137. The van der Waals surface area contributed by atoms with Crippen molar-refractivity contribution in [3.63, 3.8) is 0 Å². The first-order valence-electron chi connectivity index (χ1n) is 13.1. The summed E-state index contributed by atoms with van der Waals surface area (Å²) in [5.74, 6) is 2.36. The molecule has 0 spiro atoms. The minimum atomic E-state index is 0.241. The van der Waals surface area contributed by atoms with E-state index >= 15 is 0 Å². The highest BCUT2D eigenvalue weighted by Gasteiger charge is 2.31. The molecule has 0 unspecified atom stereocenters. The van der Waals surface area contributed by atoms with Gasteiger partial charge in [0.15, 0.2) is 5.82 Å². The van der Waals surface area contributed by atoms with Crippen LogP contribution >= 0.6 is 0 Å². The van der Waals surface area contributed by atoms with Crippen LogP contribution in [0.4, 0.5) is 5.82 Å². The van der Waals surface area contributed by atoms with Crippen molar-refractivity contribution in [2.24, 2.45) is 11.8 Å². The minimum Gasteiger partial charge on any atom is -0.352 e. The van der Waals surface area contributed by atoms with Crippen molar-refractivity contribution in [2.45, 2.75) is 51.9 Å². The van der Waals surface area contributed by atoms with Gasteiger partial charge in [-0.1, -0.05) is 62.6 Å². The van der Waals surface area contributed by atoms with Gasteiger partial charge in [-0.05, 0) is 60.6 Å². The maximum atomic E-state index is 13.1. The lowest BCUT2D eigenvalue weighted by atomic mass is 9.79. The highest BCUT2D eigenvalue weighted by Crippen LogP contribution is 2.33. The monoisotopic (exact) mass is 456 g/mol. The molecule has 3 aromatic rings. The molecule has 1 saturated carbocycles. The fourth-order valence-corrected chi connectivity index (χ4v) is 5.60. The summed E-state index contributed by atoms with van der Waals surface area (Å²) in [6.45, 7) is 5.47. The largest absolute Gasteiger partial charge is 0.352 e. The normalized spacial score (nSPS) is 21.1. The Kier molecular flexibility index (Phi) is 7.08. The molecule has 2 aliphatic rings. The molecule has 0 radical (unpaired) electrons. The van der Waals surface area contributed by atoms with Gasteiger partial charge in [0.05, 0.1) is 5.69 Å². The van der Waals surface area contributed by atoms with Crippen LogP contribution in [0, 0.1) is 11.8 Å². The Morgan fingerprint density at radius 1 is 0.882 bits per heavy atom. The predicted molar refractivity (Wildman–Crippen MR) is 139 cm³/mol. The summed E-state index contributed by atoms with van der Waals surface area (Å²) in [6, 6.07) is 18.9. The van der Waals surface area contributed by atoms with E-state index in [9.17, 15) is 4.79 Å². The fraction of sp³-hybridized carbons (Fsp3) is 0.483. The summed E-state index contributed by atoms with van der Waals surface area (Å²) in [4.78, 5) is 17.4. The van der Waals surface area contributed by atoms with Crippen LogP contribution in [0.5, 0.6) is 0 Å². The van der Waals surface area contributed by atoms with Crippen molar-refractivity contribution in [3.8, 4) is 11.3 Å². The van der Waals surface area contributed by atoms with Crippen LogP contribution < -0.4 is 4.90 Å². The number of fused-ring (bicyclic) bond motifs is 1. The number of piperazine rings is 1. The first-order chi connectivity index (χ1) is 16.7. The van der Waals surface area contributed by atoms with E-state index in [0.29, 0.717) is 5.91 Å². The van der Waals surface area contributed by atoms with Crippen LogP contribution in [0.3, 0.4) is 0 Å². The Morgan fingerprint density at radius 2 is 1.65 bits per heavy atom. The van der Waals surface area contributed by atoms with Crippen molar-refractivity contribution >= 4 is 22.5 Å².